The minimum atomic E-state index is 0.233. The van der Waals surface area contributed by atoms with Gasteiger partial charge in [-0.2, -0.15) is 5.10 Å². The number of nitrogens with zero attached hydrogens (tertiary/aromatic N) is 2. The Morgan fingerprint density at radius 1 is 1.41 bits per heavy atom. The Labute approximate surface area is 104 Å². The second kappa shape index (κ2) is 7.45. The molecule has 1 aromatic heterocycles. The Morgan fingerprint density at radius 2 is 2.18 bits per heavy atom. The van der Waals surface area contributed by atoms with Gasteiger partial charge in [-0.25, -0.2) is 0 Å². The van der Waals surface area contributed by atoms with Gasteiger partial charge in [0, 0.05) is 12.7 Å². The average Bonchev–Trinajstić information content (AvgIpc) is 2.73. The van der Waals surface area contributed by atoms with Crippen molar-refractivity contribution in [3.8, 4) is 0 Å². The monoisotopic (exact) mass is 239 g/mol. The van der Waals surface area contributed by atoms with Gasteiger partial charge in [-0.1, -0.05) is 13.8 Å². The Bertz CT molecular complexity index is 309. The molecule has 0 radical (unpaired) electrons. The van der Waals surface area contributed by atoms with Crippen LogP contribution in [0.4, 0.5) is 0 Å². The maximum absolute atomic E-state index is 5.71. The molecule has 1 heterocycles. The quantitative estimate of drug-likeness (QED) is 0.757. The van der Waals surface area contributed by atoms with E-state index in [1.54, 1.807) is 0 Å². The van der Waals surface area contributed by atoms with Gasteiger partial charge in [0.1, 0.15) is 0 Å². The molecule has 1 aromatic rings. The lowest BCUT2D eigenvalue weighted by molar-refractivity contribution is 0.0596. The van der Waals surface area contributed by atoms with E-state index in [-0.39, 0.29) is 12.1 Å². The van der Waals surface area contributed by atoms with Crippen molar-refractivity contribution in [3.05, 3.63) is 18.0 Å². The lowest BCUT2D eigenvalue weighted by Gasteiger charge is -2.20. The SMILES string of the molecule is CCCn1nccc1C(COC(C)C)NCC. The molecule has 1 atom stereocenters. The third-order valence-electron chi connectivity index (χ3n) is 2.59. The molecular formula is C13H25N3O. The number of aryl methyl sites for hydroxylation is 1. The van der Waals surface area contributed by atoms with Crippen molar-refractivity contribution >= 4 is 0 Å². The molecule has 0 aliphatic heterocycles. The van der Waals surface area contributed by atoms with Gasteiger partial charge in [0.15, 0.2) is 0 Å². The molecule has 17 heavy (non-hydrogen) atoms. The van der Waals surface area contributed by atoms with Crippen LogP contribution in [-0.4, -0.2) is 29.0 Å². The predicted molar refractivity (Wildman–Crippen MR) is 70.0 cm³/mol. The predicted octanol–water partition coefficient (Wildman–Crippen LogP) is 2.37. The van der Waals surface area contributed by atoms with Gasteiger partial charge in [0.25, 0.3) is 0 Å². The van der Waals surface area contributed by atoms with Crippen molar-refractivity contribution in [3.63, 3.8) is 0 Å². The van der Waals surface area contributed by atoms with E-state index in [4.69, 9.17) is 4.74 Å². The number of hydrogen-bond donors (Lipinski definition) is 1. The lowest BCUT2D eigenvalue weighted by atomic mass is 10.2. The lowest BCUT2D eigenvalue weighted by Crippen LogP contribution is -2.29. The van der Waals surface area contributed by atoms with Crippen LogP contribution in [0.5, 0.6) is 0 Å². The normalized spacial score (nSPS) is 13.2. The first-order chi connectivity index (χ1) is 8.19. The zero-order valence-electron chi connectivity index (χ0n) is 11.4. The molecule has 0 saturated carbocycles. The minimum absolute atomic E-state index is 0.233. The molecule has 1 rings (SSSR count). The van der Waals surface area contributed by atoms with Gasteiger partial charge in [0.05, 0.1) is 24.4 Å². The van der Waals surface area contributed by atoms with E-state index in [0.717, 1.165) is 19.5 Å². The molecule has 98 valence electrons. The minimum Gasteiger partial charge on any atom is -0.377 e. The van der Waals surface area contributed by atoms with Crippen LogP contribution in [0.3, 0.4) is 0 Å². The van der Waals surface area contributed by atoms with Gasteiger partial charge in [-0.15, -0.1) is 0 Å². The summed E-state index contributed by atoms with van der Waals surface area (Å²) in [7, 11) is 0. The largest absolute Gasteiger partial charge is 0.377 e. The Hall–Kier alpha value is -0.870. The van der Waals surface area contributed by atoms with Crippen LogP contribution in [-0.2, 0) is 11.3 Å². The summed E-state index contributed by atoms with van der Waals surface area (Å²) in [4.78, 5) is 0. The summed E-state index contributed by atoms with van der Waals surface area (Å²) in [6.07, 6.45) is 3.22. The van der Waals surface area contributed by atoms with E-state index >= 15 is 0 Å². The van der Waals surface area contributed by atoms with Gasteiger partial charge >= 0.3 is 0 Å². The van der Waals surface area contributed by atoms with Gasteiger partial charge in [-0.05, 0) is 32.9 Å². The van der Waals surface area contributed by atoms with Crippen LogP contribution in [0, 0.1) is 0 Å². The highest BCUT2D eigenvalue weighted by Gasteiger charge is 2.15. The maximum Gasteiger partial charge on any atom is 0.0729 e. The first-order valence-corrected chi connectivity index (χ1v) is 6.55. The summed E-state index contributed by atoms with van der Waals surface area (Å²) in [5, 5.41) is 7.81. The van der Waals surface area contributed by atoms with Crippen LogP contribution in [0.25, 0.3) is 0 Å². The van der Waals surface area contributed by atoms with Crippen LogP contribution in [0.2, 0.25) is 0 Å². The Morgan fingerprint density at radius 3 is 2.76 bits per heavy atom. The average molecular weight is 239 g/mol. The molecule has 0 saturated heterocycles. The molecular weight excluding hydrogens is 214 g/mol. The number of ether oxygens (including phenoxy) is 1. The molecule has 0 spiro atoms. The van der Waals surface area contributed by atoms with E-state index in [1.165, 1.54) is 5.69 Å². The molecule has 0 fully saturated rings. The zero-order valence-corrected chi connectivity index (χ0v) is 11.4. The first-order valence-electron chi connectivity index (χ1n) is 6.55. The van der Waals surface area contributed by atoms with Crippen LogP contribution >= 0.6 is 0 Å². The van der Waals surface area contributed by atoms with Crippen molar-refractivity contribution in [2.75, 3.05) is 13.2 Å². The number of rotatable bonds is 8. The standard InChI is InChI=1S/C13H25N3O/c1-5-9-16-13(7-8-15-16)12(14-6-2)10-17-11(3)4/h7-8,11-12,14H,5-6,9-10H2,1-4H3. The fraction of sp³-hybridized carbons (Fsp3) is 0.769. The molecule has 0 aromatic carbocycles. The zero-order chi connectivity index (χ0) is 12.7. The molecule has 0 bridgehead atoms. The van der Waals surface area contributed by atoms with E-state index in [1.807, 2.05) is 6.20 Å². The van der Waals surface area contributed by atoms with E-state index < -0.39 is 0 Å². The van der Waals surface area contributed by atoms with Gasteiger partial charge < -0.3 is 10.1 Å². The highest BCUT2D eigenvalue weighted by Crippen LogP contribution is 2.14. The van der Waals surface area contributed by atoms with Crippen molar-refractivity contribution in [2.45, 2.75) is 52.8 Å². The number of nitrogens with one attached hydrogen (secondary N) is 1. The van der Waals surface area contributed by atoms with Crippen LogP contribution in [0.15, 0.2) is 12.3 Å². The third-order valence-corrected chi connectivity index (χ3v) is 2.59. The van der Waals surface area contributed by atoms with Crippen LogP contribution in [0.1, 0.15) is 45.9 Å². The first kappa shape index (κ1) is 14.2. The molecule has 4 nitrogen and oxygen atoms in total. The smallest absolute Gasteiger partial charge is 0.0729 e. The maximum atomic E-state index is 5.71. The highest BCUT2D eigenvalue weighted by atomic mass is 16.5. The molecule has 0 aliphatic rings. The van der Waals surface area contributed by atoms with Crippen molar-refractivity contribution in [1.82, 2.24) is 15.1 Å². The third kappa shape index (κ3) is 4.48. The van der Waals surface area contributed by atoms with E-state index in [9.17, 15) is 0 Å². The summed E-state index contributed by atoms with van der Waals surface area (Å²) in [6, 6.07) is 2.31. The Balaban J connectivity index is 2.70. The van der Waals surface area contributed by atoms with E-state index in [0.29, 0.717) is 6.61 Å². The summed E-state index contributed by atoms with van der Waals surface area (Å²) < 4.78 is 7.78. The number of hydrogen-bond acceptors (Lipinski definition) is 3. The van der Waals surface area contributed by atoms with E-state index in [2.05, 4.69) is 48.9 Å². The highest BCUT2D eigenvalue weighted by molar-refractivity contribution is 5.07. The molecule has 1 unspecified atom stereocenters. The van der Waals surface area contributed by atoms with Crippen LogP contribution < -0.4 is 5.32 Å². The number of aromatic nitrogens is 2. The van der Waals surface area contributed by atoms with Gasteiger partial charge in [-0.3, -0.25) is 4.68 Å². The molecule has 0 aliphatic carbocycles. The second-order valence-corrected chi connectivity index (χ2v) is 4.47. The summed E-state index contributed by atoms with van der Waals surface area (Å²) in [6.45, 7) is 11.0. The molecule has 4 heteroatoms. The van der Waals surface area contributed by atoms with Gasteiger partial charge in [0.2, 0.25) is 0 Å². The second-order valence-electron chi connectivity index (χ2n) is 4.47. The topological polar surface area (TPSA) is 39.1 Å². The Kier molecular flexibility index (Phi) is 6.22. The summed E-state index contributed by atoms with van der Waals surface area (Å²) >= 11 is 0. The fourth-order valence-corrected chi connectivity index (χ4v) is 1.82. The van der Waals surface area contributed by atoms with Crippen molar-refractivity contribution in [1.29, 1.82) is 0 Å². The number of likely N-dealkylation sites (N-methyl/N-ethyl adjacent to an activating group) is 1. The van der Waals surface area contributed by atoms with Crippen molar-refractivity contribution in [2.24, 2.45) is 0 Å². The summed E-state index contributed by atoms with van der Waals surface area (Å²) in [5.74, 6) is 0. The molecule has 1 N–H and O–H groups in total. The molecule has 0 amide bonds. The fourth-order valence-electron chi connectivity index (χ4n) is 1.82. The van der Waals surface area contributed by atoms with Crippen molar-refractivity contribution < 1.29 is 4.74 Å². The summed E-state index contributed by atoms with van der Waals surface area (Å²) in [5.41, 5.74) is 1.22.